The van der Waals surface area contributed by atoms with Crippen LogP contribution in [-0.2, 0) is 9.59 Å². The summed E-state index contributed by atoms with van der Waals surface area (Å²) in [6.45, 7) is 9.94. The van der Waals surface area contributed by atoms with E-state index in [1.807, 2.05) is 23.1 Å². The van der Waals surface area contributed by atoms with Crippen molar-refractivity contribution >= 4 is 17.6 Å². The number of carbonyl (C=O) groups is 2. The molecule has 6 heteroatoms. The van der Waals surface area contributed by atoms with Gasteiger partial charge in [-0.3, -0.25) is 9.59 Å². The Hall–Kier alpha value is -2.11. The number of hydrogen-bond acceptors (Lipinski definition) is 4. The van der Waals surface area contributed by atoms with Crippen molar-refractivity contribution in [3.05, 3.63) is 24.4 Å². The van der Waals surface area contributed by atoms with E-state index in [4.69, 9.17) is 0 Å². The van der Waals surface area contributed by atoms with Crippen molar-refractivity contribution in [2.75, 3.05) is 44.2 Å². The first-order chi connectivity index (χ1) is 11.5. The Morgan fingerprint density at radius 3 is 2.46 bits per heavy atom. The van der Waals surface area contributed by atoms with Crippen LogP contribution < -0.4 is 4.90 Å². The van der Waals surface area contributed by atoms with E-state index in [1.54, 1.807) is 18.0 Å². The van der Waals surface area contributed by atoms with Gasteiger partial charge < -0.3 is 14.7 Å². The van der Waals surface area contributed by atoms with Gasteiger partial charge in [-0.2, -0.15) is 0 Å². The number of aromatic nitrogens is 1. The van der Waals surface area contributed by atoms with E-state index in [0.717, 1.165) is 18.9 Å². The predicted octanol–water partition coefficient (Wildman–Crippen LogP) is 1.62. The van der Waals surface area contributed by atoms with Crippen molar-refractivity contribution in [1.29, 1.82) is 0 Å². The number of pyridine rings is 1. The monoisotopic (exact) mass is 332 g/mol. The summed E-state index contributed by atoms with van der Waals surface area (Å²) in [4.78, 5) is 34.3. The first-order valence-corrected chi connectivity index (χ1v) is 8.66. The maximum absolute atomic E-state index is 12.4. The van der Waals surface area contributed by atoms with Gasteiger partial charge >= 0.3 is 0 Å². The molecule has 24 heavy (non-hydrogen) atoms. The lowest BCUT2D eigenvalue weighted by Crippen LogP contribution is -2.49. The van der Waals surface area contributed by atoms with E-state index in [2.05, 4.69) is 23.7 Å². The van der Waals surface area contributed by atoms with Crippen molar-refractivity contribution in [2.45, 2.75) is 27.2 Å². The summed E-state index contributed by atoms with van der Waals surface area (Å²) in [5, 5.41) is 0. The molecule has 0 radical (unpaired) electrons. The maximum atomic E-state index is 12.4. The quantitative estimate of drug-likeness (QED) is 0.794. The number of nitrogens with zero attached hydrogens (tertiary/aromatic N) is 4. The molecule has 0 N–H and O–H groups in total. The number of carbonyl (C=O) groups excluding carboxylic acids is 2. The summed E-state index contributed by atoms with van der Waals surface area (Å²) in [5.74, 6) is 1.54. The second-order valence-electron chi connectivity index (χ2n) is 6.66. The van der Waals surface area contributed by atoms with Gasteiger partial charge in [-0.05, 0) is 18.1 Å². The Kier molecular flexibility index (Phi) is 6.58. The van der Waals surface area contributed by atoms with E-state index >= 15 is 0 Å². The molecule has 132 valence electrons. The third-order valence-corrected chi connectivity index (χ3v) is 4.23. The van der Waals surface area contributed by atoms with E-state index < -0.39 is 0 Å². The molecule has 6 nitrogen and oxygen atoms in total. The zero-order valence-corrected chi connectivity index (χ0v) is 14.9. The van der Waals surface area contributed by atoms with Crippen LogP contribution in [0.2, 0.25) is 0 Å². The van der Waals surface area contributed by atoms with Crippen molar-refractivity contribution in [1.82, 2.24) is 14.8 Å². The topological polar surface area (TPSA) is 56.8 Å². The maximum Gasteiger partial charge on any atom is 0.224 e. The molecule has 1 aliphatic rings. The molecule has 0 atom stereocenters. The smallest absolute Gasteiger partial charge is 0.224 e. The Labute approximate surface area is 144 Å². The van der Waals surface area contributed by atoms with Gasteiger partial charge in [0.05, 0.1) is 0 Å². The Morgan fingerprint density at radius 2 is 1.92 bits per heavy atom. The zero-order valence-electron chi connectivity index (χ0n) is 14.9. The van der Waals surface area contributed by atoms with Crippen LogP contribution in [0.15, 0.2) is 24.4 Å². The van der Waals surface area contributed by atoms with Gasteiger partial charge in [0.1, 0.15) is 5.82 Å². The zero-order chi connectivity index (χ0) is 17.5. The van der Waals surface area contributed by atoms with Crippen molar-refractivity contribution in [2.24, 2.45) is 5.92 Å². The SMILES string of the molecule is CC(=O)N(CCC(=O)N1CCN(c2ccccn2)CC1)CC(C)C. The first-order valence-electron chi connectivity index (χ1n) is 8.66. The predicted molar refractivity (Wildman–Crippen MR) is 94.7 cm³/mol. The molecule has 1 aromatic rings. The number of hydrogen-bond donors (Lipinski definition) is 0. The summed E-state index contributed by atoms with van der Waals surface area (Å²) in [5.41, 5.74) is 0. The third-order valence-electron chi connectivity index (χ3n) is 4.23. The molecule has 2 amide bonds. The minimum atomic E-state index is 0.0384. The van der Waals surface area contributed by atoms with Crippen LogP contribution in [-0.4, -0.2) is 65.9 Å². The summed E-state index contributed by atoms with van der Waals surface area (Å²) in [6.07, 6.45) is 2.19. The summed E-state index contributed by atoms with van der Waals surface area (Å²) >= 11 is 0. The third kappa shape index (κ3) is 5.22. The average Bonchev–Trinajstić information content (AvgIpc) is 2.58. The standard InChI is InChI=1S/C18H28N4O2/c1-15(2)14-22(16(3)23)9-7-18(24)21-12-10-20(11-13-21)17-6-4-5-8-19-17/h4-6,8,15H,7,9-14H2,1-3H3. The number of amides is 2. The van der Waals surface area contributed by atoms with Crippen LogP contribution in [0.3, 0.4) is 0 Å². The fourth-order valence-corrected chi connectivity index (χ4v) is 2.93. The van der Waals surface area contributed by atoms with Gasteiger partial charge in [-0.1, -0.05) is 19.9 Å². The highest BCUT2D eigenvalue weighted by Gasteiger charge is 2.22. The molecular weight excluding hydrogens is 304 g/mol. The lowest BCUT2D eigenvalue weighted by atomic mass is 10.2. The van der Waals surface area contributed by atoms with Crippen LogP contribution in [0.4, 0.5) is 5.82 Å². The first kappa shape index (κ1) is 18.2. The van der Waals surface area contributed by atoms with Gasteiger partial charge in [0.2, 0.25) is 11.8 Å². The molecular formula is C18H28N4O2. The highest BCUT2D eigenvalue weighted by atomic mass is 16.2. The lowest BCUT2D eigenvalue weighted by Gasteiger charge is -2.35. The van der Waals surface area contributed by atoms with Gasteiger partial charge in [0.25, 0.3) is 0 Å². The van der Waals surface area contributed by atoms with E-state index in [0.29, 0.717) is 38.5 Å². The molecule has 1 aliphatic heterocycles. The number of rotatable bonds is 6. The van der Waals surface area contributed by atoms with Crippen LogP contribution in [0, 0.1) is 5.92 Å². The summed E-state index contributed by atoms with van der Waals surface area (Å²) in [6, 6.07) is 5.88. The minimum Gasteiger partial charge on any atom is -0.353 e. The second-order valence-corrected chi connectivity index (χ2v) is 6.66. The highest BCUT2D eigenvalue weighted by molar-refractivity contribution is 5.78. The second kappa shape index (κ2) is 8.66. The number of anilines is 1. The molecule has 0 spiro atoms. The van der Waals surface area contributed by atoms with Crippen LogP contribution in [0.25, 0.3) is 0 Å². The molecule has 1 aromatic heterocycles. The average molecular weight is 332 g/mol. The Balaban J connectivity index is 1.79. The van der Waals surface area contributed by atoms with E-state index in [9.17, 15) is 9.59 Å². The molecule has 0 aliphatic carbocycles. The summed E-state index contributed by atoms with van der Waals surface area (Å²) < 4.78 is 0. The highest BCUT2D eigenvalue weighted by Crippen LogP contribution is 2.13. The fourth-order valence-electron chi connectivity index (χ4n) is 2.93. The van der Waals surface area contributed by atoms with Crippen molar-refractivity contribution in [3.8, 4) is 0 Å². The molecule has 0 saturated carbocycles. The Bertz CT molecular complexity index is 539. The van der Waals surface area contributed by atoms with Gasteiger partial charge in [-0.15, -0.1) is 0 Å². The molecule has 1 saturated heterocycles. The van der Waals surface area contributed by atoms with Crippen LogP contribution in [0.5, 0.6) is 0 Å². The van der Waals surface area contributed by atoms with Crippen molar-refractivity contribution in [3.63, 3.8) is 0 Å². The van der Waals surface area contributed by atoms with Gasteiger partial charge in [-0.25, -0.2) is 4.98 Å². The lowest BCUT2D eigenvalue weighted by molar-refractivity contribution is -0.133. The van der Waals surface area contributed by atoms with Gasteiger partial charge in [0, 0.05) is 58.8 Å². The molecule has 2 heterocycles. The Morgan fingerprint density at radius 1 is 1.21 bits per heavy atom. The van der Waals surface area contributed by atoms with Crippen LogP contribution in [0.1, 0.15) is 27.2 Å². The van der Waals surface area contributed by atoms with E-state index in [-0.39, 0.29) is 11.8 Å². The molecule has 0 aromatic carbocycles. The summed E-state index contributed by atoms with van der Waals surface area (Å²) in [7, 11) is 0. The number of piperazine rings is 1. The van der Waals surface area contributed by atoms with Crippen molar-refractivity contribution < 1.29 is 9.59 Å². The van der Waals surface area contributed by atoms with E-state index in [1.165, 1.54) is 0 Å². The largest absolute Gasteiger partial charge is 0.353 e. The molecule has 0 unspecified atom stereocenters. The molecule has 2 rings (SSSR count). The molecule has 1 fully saturated rings. The van der Waals surface area contributed by atoms with Gasteiger partial charge in [0.15, 0.2) is 0 Å². The molecule has 0 bridgehead atoms. The fraction of sp³-hybridized carbons (Fsp3) is 0.611. The normalized spacial score (nSPS) is 14.8. The van der Waals surface area contributed by atoms with Crippen LogP contribution >= 0.6 is 0 Å². The minimum absolute atomic E-state index is 0.0384.